The van der Waals surface area contributed by atoms with Crippen LogP contribution in [-0.2, 0) is 22.5 Å². The summed E-state index contributed by atoms with van der Waals surface area (Å²) in [6.07, 6.45) is 4.77. The Labute approximate surface area is 226 Å². The highest BCUT2D eigenvalue weighted by Crippen LogP contribution is 2.38. The van der Waals surface area contributed by atoms with Crippen molar-refractivity contribution in [2.24, 2.45) is 0 Å². The van der Waals surface area contributed by atoms with Gasteiger partial charge in [-0.2, -0.15) is 0 Å². The summed E-state index contributed by atoms with van der Waals surface area (Å²) in [5.74, 6) is 1.65. The number of ether oxygens (including phenoxy) is 3. The molecule has 2 aliphatic rings. The number of fused-ring (bicyclic) bond motifs is 2. The molecule has 0 radical (unpaired) electrons. The molecular formula is C30H41ClN2O4. The lowest BCUT2D eigenvalue weighted by atomic mass is 9.95. The highest BCUT2D eigenvalue weighted by molar-refractivity contribution is 6.32. The maximum absolute atomic E-state index is 12.9. The van der Waals surface area contributed by atoms with E-state index in [4.69, 9.17) is 25.8 Å². The van der Waals surface area contributed by atoms with Gasteiger partial charge in [0.1, 0.15) is 18.1 Å². The SMILES string of the molecule is COCCOc1ccc(CN2C3CCC2CC(NC(=O)Cc2ccc(OC(C)C)c(Cl)c2)C3)c(C)c1C. The van der Waals surface area contributed by atoms with E-state index in [-0.39, 0.29) is 18.1 Å². The predicted molar refractivity (Wildman–Crippen MR) is 148 cm³/mol. The van der Waals surface area contributed by atoms with E-state index in [0.29, 0.717) is 42.5 Å². The van der Waals surface area contributed by atoms with Gasteiger partial charge in [0.05, 0.1) is 24.2 Å². The van der Waals surface area contributed by atoms with E-state index in [1.165, 1.54) is 29.5 Å². The first-order valence-electron chi connectivity index (χ1n) is 13.5. The fourth-order valence-corrected chi connectivity index (χ4v) is 5.98. The van der Waals surface area contributed by atoms with Crippen molar-refractivity contribution in [2.75, 3.05) is 20.3 Å². The summed E-state index contributed by atoms with van der Waals surface area (Å²) in [5.41, 5.74) is 4.76. The minimum absolute atomic E-state index is 0.0558. The van der Waals surface area contributed by atoms with Crippen molar-refractivity contribution >= 4 is 17.5 Å². The van der Waals surface area contributed by atoms with Gasteiger partial charge in [-0.15, -0.1) is 0 Å². The number of hydrogen-bond donors (Lipinski definition) is 1. The number of nitrogens with one attached hydrogen (secondary N) is 1. The average molecular weight is 529 g/mol. The number of amides is 1. The van der Waals surface area contributed by atoms with Crippen LogP contribution in [0.4, 0.5) is 0 Å². The monoisotopic (exact) mass is 528 g/mol. The summed E-state index contributed by atoms with van der Waals surface area (Å²) < 4.78 is 16.7. The largest absolute Gasteiger partial charge is 0.491 e. The molecule has 2 saturated heterocycles. The van der Waals surface area contributed by atoms with Crippen molar-refractivity contribution in [1.29, 1.82) is 0 Å². The third-order valence-corrected chi connectivity index (χ3v) is 8.02. The zero-order valence-corrected chi connectivity index (χ0v) is 23.6. The van der Waals surface area contributed by atoms with Gasteiger partial charge in [-0.25, -0.2) is 0 Å². The predicted octanol–water partition coefficient (Wildman–Crippen LogP) is 5.62. The van der Waals surface area contributed by atoms with Crippen LogP contribution in [0, 0.1) is 13.8 Å². The second-order valence-corrected chi connectivity index (χ2v) is 11.1. The number of methoxy groups -OCH3 is 1. The fourth-order valence-electron chi connectivity index (χ4n) is 5.73. The van der Waals surface area contributed by atoms with Crippen molar-refractivity contribution < 1.29 is 19.0 Å². The zero-order chi connectivity index (χ0) is 26.5. The van der Waals surface area contributed by atoms with Crippen molar-refractivity contribution in [3.05, 3.63) is 57.6 Å². The molecule has 2 aromatic rings. The van der Waals surface area contributed by atoms with Crippen molar-refractivity contribution in [3.8, 4) is 11.5 Å². The highest BCUT2D eigenvalue weighted by Gasteiger charge is 2.41. The van der Waals surface area contributed by atoms with E-state index in [9.17, 15) is 4.79 Å². The van der Waals surface area contributed by atoms with Gasteiger partial charge >= 0.3 is 0 Å². The lowest BCUT2D eigenvalue weighted by molar-refractivity contribution is -0.121. The standard InChI is InChI=1S/C30H41ClN2O4/c1-19(2)37-29-10-6-22(14-27(29)31)15-30(34)32-24-16-25-8-9-26(17-24)33(25)18-23-7-11-28(21(4)20(23)3)36-13-12-35-5/h6-7,10-11,14,19,24-26H,8-9,12-13,15-18H2,1-5H3,(H,32,34). The van der Waals surface area contributed by atoms with Gasteiger partial charge in [0, 0.05) is 31.8 Å². The number of hydrogen-bond acceptors (Lipinski definition) is 5. The van der Waals surface area contributed by atoms with Crippen LogP contribution in [0.25, 0.3) is 0 Å². The molecule has 4 rings (SSSR count). The van der Waals surface area contributed by atoms with Gasteiger partial charge in [-0.3, -0.25) is 9.69 Å². The van der Waals surface area contributed by atoms with E-state index in [1.807, 2.05) is 32.0 Å². The number of halogens is 1. The zero-order valence-electron chi connectivity index (χ0n) is 22.8. The topological polar surface area (TPSA) is 60.0 Å². The number of carbonyl (C=O) groups excluding carboxylic acids is 1. The first kappa shape index (κ1) is 27.7. The molecule has 0 aliphatic carbocycles. The Bertz CT molecular complexity index is 1080. The molecule has 0 aromatic heterocycles. The molecule has 0 spiro atoms. The number of rotatable bonds is 11. The summed E-state index contributed by atoms with van der Waals surface area (Å²) in [4.78, 5) is 15.5. The van der Waals surface area contributed by atoms with Crippen LogP contribution in [-0.4, -0.2) is 55.4 Å². The molecule has 2 aromatic carbocycles. The van der Waals surface area contributed by atoms with E-state index < -0.39 is 0 Å². The summed E-state index contributed by atoms with van der Waals surface area (Å²) in [6.45, 7) is 10.4. The minimum atomic E-state index is 0.0558. The average Bonchev–Trinajstić information content (AvgIpc) is 3.07. The van der Waals surface area contributed by atoms with Gasteiger partial charge < -0.3 is 19.5 Å². The summed E-state index contributed by atoms with van der Waals surface area (Å²) >= 11 is 6.36. The van der Waals surface area contributed by atoms with Crippen molar-refractivity contribution in [1.82, 2.24) is 10.2 Å². The van der Waals surface area contributed by atoms with Crippen LogP contribution in [0.5, 0.6) is 11.5 Å². The molecule has 6 nitrogen and oxygen atoms in total. The summed E-state index contributed by atoms with van der Waals surface area (Å²) in [6, 6.07) is 11.1. The molecule has 2 heterocycles. The molecule has 202 valence electrons. The Morgan fingerprint density at radius 1 is 1.05 bits per heavy atom. The quantitative estimate of drug-likeness (QED) is 0.383. The Balaban J connectivity index is 1.31. The molecular weight excluding hydrogens is 488 g/mol. The van der Waals surface area contributed by atoms with E-state index in [0.717, 1.165) is 30.7 Å². The van der Waals surface area contributed by atoms with Gasteiger partial charge in [-0.1, -0.05) is 23.7 Å². The van der Waals surface area contributed by atoms with Gasteiger partial charge in [0.15, 0.2) is 0 Å². The first-order valence-corrected chi connectivity index (χ1v) is 13.8. The first-order chi connectivity index (χ1) is 17.7. The molecule has 2 bridgehead atoms. The van der Waals surface area contributed by atoms with E-state index >= 15 is 0 Å². The summed E-state index contributed by atoms with van der Waals surface area (Å²) in [7, 11) is 1.69. The Hall–Kier alpha value is -2.28. The molecule has 7 heteroatoms. The molecule has 1 N–H and O–H groups in total. The maximum Gasteiger partial charge on any atom is 0.224 e. The number of nitrogens with zero attached hydrogens (tertiary/aromatic N) is 1. The molecule has 2 atom stereocenters. The Morgan fingerprint density at radius 3 is 2.41 bits per heavy atom. The molecule has 0 saturated carbocycles. The van der Waals surface area contributed by atoms with E-state index in [1.54, 1.807) is 7.11 Å². The molecule has 1 amide bonds. The fraction of sp³-hybridized carbons (Fsp3) is 0.567. The summed E-state index contributed by atoms with van der Waals surface area (Å²) in [5, 5.41) is 3.85. The third-order valence-electron chi connectivity index (χ3n) is 7.72. The number of carbonyl (C=O) groups is 1. The van der Waals surface area contributed by atoms with Crippen LogP contribution in [0.3, 0.4) is 0 Å². The van der Waals surface area contributed by atoms with Crippen LogP contribution in [0.2, 0.25) is 5.02 Å². The van der Waals surface area contributed by atoms with Crippen LogP contribution >= 0.6 is 11.6 Å². The second-order valence-electron chi connectivity index (χ2n) is 10.7. The van der Waals surface area contributed by atoms with Gasteiger partial charge in [-0.05, 0) is 93.8 Å². The van der Waals surface area contributed by atoms with Gasteiger partial charge in [0.25, 0.3) is 0 Å². The third kappa shape index (κ3) is 6.98. The normalized spacial score (nSPS) is 21.3. The maximum atomic E-state index is 12.9. The lowest BCUT2D eigenvalue weighted by Crippen LogP contribution is -2.50. The lowest BCUT2D eigenvalue weighted by Gasteiger charge is -2.39. The van der Waals surface area contributed by atoms with Crippen LogP contribution < -0.4 is 14.8 Å². The van der Waals surface area contributed by atoms with Crippen LogP contribution in [0.1, 0.15) is 61.8 Å². The van der Waals surface area contributed by atoms with Crippen LogP contribution in [0.15, 0.2) is 30.3 Å². The van der Waals surface area contributed by atoms with Crippen molar-refractivity contribution in [2.45, 2.75) is 90.6 Å². The van der Waals surface area contributed by atoms with E-state index in [2.05, 4.69) is 36.2 Å². The molecule has 37 heavy (non-hydrogen) atoms. The van der Waals surface area contributed by atoms with Crippen molar-refractivity contribution in [3.63, 3.8) is 0 Å². The highest BCUT2D eigenvalue weighted by atomic mass is 35.5. The number of benzene rings is 2. The Morgan fingerprint density at radius 2 is 1.76 bits per heavy atom. The molecule has 2 aliphatic heterocycles. The Kier molecular flexibility index (Phi) is 9.38. The number of piperidine rings is 1. The van der Waals surface area contributed by atoms with Gasteiger partial charge in [0.2, 0.25) is 5.91 Å². The molecule has 2 unspecified atom stereocenters. The molecule has 2 fully saturated rings. The smallest absolute Gasteiger partial charge is 0.224 e. The minimum Gasteiger partial charge on any atom is -0.491 e. The second kappa shape index (κ2) is 12.5.